The highest BCUT2D eigenvalue weighted by molar-refractivity contribution is 5.95. The van der Waals surface area contributed by atoms with Crippen molar-refractivity contribution in [2.75, 3.05) is 13.1 Å². The minimum Gasteiger partial charge on any atom is -0.388 e. The van der Waals surface area contributed by atoms with E-state index in [0.717, 1.165) is 0 Å². The van der Waals surface area contributed by atoms with Gasteiger partial charge in [0.2, 0.25) is 0 Å². The van der Waals surface area contributed by atoms with Gasteiger partial charge < -0.3 is 10.0 Å². The number of aryl methyl sites for hydroxylation is 1. The molecule has 1 amide bonds. The van der Waals surface area contributed by atoms with Gasteiger partial charge in [-0.25, -0.2) is 4.39 Å². The van der Waals surface area contributed by atoms with E-state index in [2.05, 4.69) is 0 Å². The summed E-state index contributed by atoms with van der Waals surface area (Å²) >= 11 is 0. The van der Waals surface area contributed by atoms with Crippen LogP contribution in [0.4, 0.5) is 4.39 Å². The van der Waals surface area contributed by atoms with E-state index < -0.39 is 5.60 Å². The molecular formula is C13H16FNO2. The molecule has 1 atom stereocenters. The molecule has 1 aliphatic heterocycles. The fourth-order valence-electron chi connectivity index (χ4n) is 2.16. The second kappa shape index (κ2) is 4.11. The van der Waals surface area contributed by atoms with Crippen LogP contribution in [0.3, 0.4) is 0 Å². The summed E-state index contributed by atoms with van der Waals surface area (Å²) in [6.45, 7) is 4.31. The van der Waals surface area contributed by atoms with Crippen molar-refractivity contribution >= 4 is 5.91 Å². The number of aliphatic hydroxyl groups is 1. The summed E-state index contributed by atoms with van der Waals surface area (Å²) in [6, 6.07) is 4.13. The molecule has 1 fully saturated rings. The Morgan fingerprint density at radius 2 is 2.24 bits per heavy atom. The Bertz CT molecular complexity index is 457. The smallest absolute Gasteiger partial charge is 0.254 e. The topological polar surface area (TPSA) is 40.5 Å². The van der Waals surface area contributed by atoms with Crippen molar-refractivity contribution in [3.8, 4) is 0 Å². The lowest BCUT2D eigenvalue weighted by Gasteiger charge is -2.19. The Balaban J connectivity index is 2.21. The van der Waals surface area contributed by atoms with E-state index in [1.165, 1.54) is 18.2 Å². The molecule has 3 nitrogen and oxygen atoms in total. The average Bonchev–Trinajstić information content (AvgIpc) is 2.58. The normalized spacial score (nSPS) is 24.1. The number of likely N-dealkylation sites (tertiary alicyclic amines) is 1. The first-order valence-corrected chi connectivity index (χ1v) is 5.67. The summed E-state index contributed by atoms with van der Waals surface area (Å²) in [4.78, 5) is 13.8. The molecule has 0 spiro atoms. The Morgan fingerprint density at radius 1 is 1.53 bits per heavy atom. The summed E-state index contributed by atoms with van der Waals surface area (Å²) in [5, 5.41) is 9.82. The first kappa shape index (κ1) is 12.0. The van der Waals surface area contributed by atoms with E-state index in [1.54, 1.807) is 18.7 Å². The number of β-amino-alcohol motifs (C(OH)–C–C–N with tert-alkyl or cyclic N) is 1. The van der Waals surface area contributed by atoms with Crippen LogP contribution >= 0.6 is 0 Å². The van der Waals surface area contributed by atoms with E-state index in [4.69, 9.17) is 0 Å². The quantitative estimate of drug-likeness (QED) is 0.808. The standard InChI is InChI=1S/C13H16FNO2/c1-9-7-10(14)3-4-11(9)12(16)15-6-5-13(2,17)8-15/h3-4,7,17H,5-6,8H2,1-2H3. The van der Waals surface area contributed by atoms with Crippen molar-refractivity contribution in [2.24, 2.45) is 0 Å². The van der Waals surface area contributed by atoms with Crippen molar-refractivity contribution in [3.63, 3.8) is 0 Å². The van der Waals surface area contributed by atoms with Crippen LogP contribution in [-0.4, -0.2) is 34.6 Å². The van der Waals surface area contributed by atoms with E-state index in [-0.39, 0.29) is 11.7 Å². The first-order valence-electron chi connectivity index (χ1n) is 5.67. The molecule has 0 aliphatic carbocycles. The van der Waals surface area contributed by atoms with Crippen molar-refractivity contribution in [1.29, 1.82) is 0 Å². The van der Waals surface area contributed by atoms with Gasteiger partial charge in [0.25, 0.3) is 5.91 Å². The first-order chi connectivity index (χ1) is 7.89. The fourth-order valence-corrected chi connectivity index (χ4v) is 2.16. The lowest BCUT2D eigenvalue weighted by Crippen LogP contribution is -2.34. The van der Waals surface area contributed by atoms with Crippen LogP contribution in [0.5, 0.6) is 0 Å². The van der Waals surface area contributed by atoms with E-state index in [1.807, 2.05) is 0 Å². The van der Waals surface area contributed by atoms with Gasteiger partial charge in [0, 0.05) is 18.7 Å². The predicted molar refractivity (Wildman–Crippen MR) is 62.3 cm³/mol. The molecule has 1 aliphatic rings. The van der Waals surface area contributed by atoms with Gasteiger partial charge in [0.05, 0.1) is 5.60 Å². The van der Waals surface area contributed by atoms with Crippen LogP contribution < -0.4 is 0 Å². The van der Waals surface area contributed by atoms with Gasteiger partial charge in [-0.1, -0.05) is 0 Å². The molecule has 0 saturated carbocycles. The summed E-state index contributed by atoms with van der Waals surface area (Å²) in [5.74, 6) is -0.479. The maximum Gasteiger partial charge on any atom is 0.254 e. The van der Waals surface area contributed by atoms with Gasteiger partial charge in [-0.3, -0.25) is 4.79 Å². The van der Waals surface area contributed by atoms with Crippen LogP contribution in [0, 0.1) is 12.7 Å². The average molecular weight is 237 g/mol. The Kier molecular flexibility index (Phi) is 2.91. The summed E-state index contributed by atoms with van der Waals surface area (Å²) in [6.07, 6.45) is 0.582. The highest BCUT2D eigenvalue weighted by Crippen LogP contribution is 2.23. The molecule has 1 aromatic rings. The molecular weight excluding hydrogens is 221 g/mol. The highest BCUT2D eigenvalue weighted by atomic mass is 19.1. The van der Waals surface area contributed by atoms with E-state index in [0.29, 0.717) is 30.6 Å². The summed E-state index contributed by atoms with van der Waals surface area (Å²) < 4.78 is 12.9. The number of hydrogen-bond donors (Lipinski definition) is 1. The fraction of sp³-hybridized carbons (Fsp3) is 0.462. The minimum atomic E-state index is -0.802. The van der Waals surface area contributed by atoms with Crippen LogP contribution in [0.1, 0.15) is 29.3 Å². The molecule has 1 saturated heterocycles. The van der Waals surface area contributed by atoms with Gasteiger partial charge in [0.1, 0.15) is 5.82 Å². The molecule has 1 unspecified atom stereocenters. The number of amides is 1. The molecule has 0 aromatic heterocycles. The number of carbonyl (C=O) groups excluding carboxylic acids is 1. The maximum absolute atomic E-state index is 12.9. The van der Waals surface area contributed by atoms with Gasteiger partial charge >= 0.3 is 0 Å². The molecule has 4 heteroatoms. The second-order valence-electron chi connectivity index (χ2n) is 4.93. The van der Waals surface area contributed by atoms with Crippen LogP contribution in [-0.2, 0) is 0 Å². The van der Waals surface area contributed by atoms with E-state index >= 15 is 0 Å². The molecule has 0 radical (unpaired) electrons. The summed E-state index contributed by atoms with van der Waals surface area (Å²) in [7, 11) is 0. The Hall–Kier alpha value is -1.42. The van der Waals surface area contributed by atoms with Crippen molar-refractivity contribution < 1.29 is 14.3 Å². The third-order valence-electron chi connectivity index (χ3n) is 3.16. The zero-order valence-electron chi connectivity index (χ0n) is 10.0. The van der Waals surface area contributed by atoms with Gasteiger partial charge in [0.15, 0.2) is 0 Å². The molecule has 1 aromatic carbocycles. The number of nitrogens with zero attached hydrogens (tertiary/aromatic N) is 1. The largest absolute Gasteiger partial charge is 0.388 e. The summed E-state index contributed by atoms with van der Waals surface area (Å²) in [5.41, 5.74) is 0.328. The zero-order chi connectivity index (χ0) is 12.6. The van der Waals surface area contributed by atoms with Crippen LogP contribution in [0.15, 0.2) is 18.2 Å². The van der Waals surface area contributed by atoms with Gasteiger partial charge in [-0.2, -0.15) is 0 Å². The highest BCUT2D eigenvalue weighted by Gasteiger charge is 2.34. The van der Waals surface area contributed by atoms with Crippen LogP contribution in [0.25, 0.3) is 0 Å². The molecule has 1 heterocycles. The molecule has 1 N–H and O–H groups in total. The second-order valence-corrected chi connectivity index (χ2v) is 4.93. The Morgan fingerprint density at radius 3 is 2.76 bits per heavy atom. The van der Waals surface area contributed by atoms with Crippen molar-refractivity contribution in [3.05, 3.63) is 35.1 Å². The number of rotatable bonds is 1. The van der Waals surface area contributed by atoms with E-state index in [9.17, 15) is 14.3 Å². The lowest BCUT2D eigenvalue weighted by atomic mass is 10.1. The monoisotopic (exact) mass is 237 g/mol. The lowest BCUT2D eigenvalue weighted by molar-refractivity contribution is 0.0571. The molecule has 17 heavy (non-hydrogen) atoms. The molecule has 92 valence electrons. The predicted octanol–water partition coefficient (Wildman–Crippen LogP) is 1.73. The zero-order valence-corrected chi connectivity index (χ0v) is 10.0. The van der Waals surface area contributed by atoms with Gasteiger partial charge in [-0.05, 0) is 44.0 Å². The molecule has 2 rings (SSSR count). The van der Waals surface area contributed by atoms with Crippen LogP contribution in [0.2, 0.25) is 0 Å². The third kappa shape index (κ3) is 2.47. The van der Waals surface area contributed by atoms with Crippen molar-refractivity contribution in [1.82, 2.24) is 4.90 Å². The third-order valence-corrected chi connectivity index (χ3v) is 3.16. The minimum absolute atomic E-state index is 0.139. The Labute approximate surface area is 99.9 Å². The maximum atomic E-state index is 12.9. The van der Waals surface area contributed by atoms with Gasteiger partial charge in [-0.15, -0.1) is 0 Å². The number of benzene rings is 1. The van der Waals surface area contributed by atoms with Crippen molar-refractivity contribution in [2.45, 2.75) is 25.9 Å². The number of hydrogen-bond acceptors (Lipinski definition) is 2. The SMILES string of the molecule is Cc1cc(F)ccc1C(=O)N1CCC(C)(O)C1. The number of carbonyl (C=O) groups is 1. The molecule has 0 bridgehead atoms. The number of halogens is 1.